The Balaban J connectivity index is 1.60. The molecular weight excluding hydrogens is 332 g/mol. The minimum Gasteiger partial charge on any atom is -0.381 e. The van der Waals surface area contributed by atoms with E-state index in [0.717, 1.165) is 12.1 Å². The van der Waals surface area contributed by atoms with Crippen LogP contribution in [0.15, 0.2) is 18.2 Å². The summed E-state index contributed by atoms with van der Waals surface area (Å²) in [4.78, 5) is 28.2. The molecule has 136 valence electrons. The van der Waals surface area contributed by atoms with E-state index in [1.165, 1.54) is 11.0 Å². The molecule has 2 N–H and O–H groups in total. The molecule has 0 aromatic heterocycles. The summed E-state index contributed by atoms with van der Waals surface area (Å²) < 4.78 is 31.5. The largest absolute Gasteiger partial charge is 0.381 e. The average molecular weight is 353 g/mol. The highest BCUT2D eigenvalue weighted by molar-refractivity contribution is 5.94. The number of amides is 2. The first-order valence-electron chi connectivity index (χ1n) is 8.31. The Kier molecular flexibility index (Phi) is 5.01. The molecule has 1 aromatic carbocycles. The number of carbonyl (C=O) groups excluding carboxylic acids is 2. The summed E-state index contributed by atoms with van der Waals surface area (Å²) in [5.41, 5.74) is 5.42. The molecule has 0 unspecified atom stereocenters. The molecule has 6 nitrogen and oxygen atoms in total. The Morgan fingerprint density at radius 1 is 1.00 bits per heavy atom. The van der Waals surface area contributed by atoms with Crippen molar-refractivity contribution in [3.05, 3.63) is 35.4 Å². The van der Waals surface area contributed by atoms with Gasteiger partial charge in [-0.3, -0.25) is 9.59 Å². The Morgan fingerprint density at radius 2 is 1.60 bits per heavy atom. The van der Waals surface area contributed by atoms with E-state index in [4.69, 9.17) is 10.5 Å². The molecule has 0 radical (unpaired) electrons. The van der Waals surface area contributed by atoms with Gasteiger partial charge < -0.3 is 20.3 Å². The zero-order valence-corrected chi connectivity index (χ0v) is 13.8. The maximum absolute atomic E-state index is 13.3. The van der Waals surface area contributed by atoms with Crippen molar-refractivity contribution in [2.24, 2.45) is 5.73 Å². The third-order valence-electron chi connectivity index (χ3n) is 4.83. The van der Waals surface area contributed by atoms with E-state index in [1.807, 2.05) is 0 Å². The van der Waals surface area contributed by atoms with E-state index in [2.05, 4.69) is 0 Å². The Labute approximate surface area is 144 Å². The summed E-state index contributed by atoms with van der Waals surface area (Å²) in [5.74, 6) is -2.53. The van der Waals surface area contributed by atoms with E-state index in [-0.39, 0.29) is 17.4 Å². The molecule has 2 fully saturated rings. The Morgan fingerprint density at radius 3 is 2.20 bits per heavy atom. The zero-order valence-electron chi connectivity index (χ0n) is 13.8. The van der Waals surface area contributed by atoms with Gasteiger partial charge in [-0.05, 0) is 31.0 Å². The number of ether oxygens (including phenoxy) is 1. The highest BCUT2D eigenvalue weighted by Crippen LogP contribution is 2.22. The molecule has 2 amide bonds. The van der Waals surface area contributed by atoms with Crippen molar-refractivity contribution in [1.82, 2.24) is 9.80 Å². The van der Waals surface area contributed by atoms with Crippen LogP contribution in [0.3, 0.4) is 0 Å². The highest BCUT2D eigenvalue weighted by Gasteiger charge is 2.40. The second kappa shape index (κ2) is 7.05. The lowest BCUT2D eigenvalue weighted by Crippen LogP contribution is -2.61. The fourth-order valence-electron chi connectivity index (χ4n) is 3.19. The summed E-state index contributed by atoms with van der Waals surface area (Å²) in [5, 5.41) is 0. The molecule has 1 aromatic rings. The second-order valence-corrected chi connectivity index (χ2v) is 6.48. The van der Waals surface area contributed by atoms with Gasteiger partial charge in [-0.1, -0.05) is 0 Å². The van der Waals surface area contributed by atoms with E-state index in [1.54, 1.807) is 4.90 Å². The van der Waals surface area contributed by atoms with Crippen LogP contribution in [0.1, 0.15) is 23.2 Å². The number of piperazine rings is 1. The van der Waals surface area contributed by atoms with Crippen LogP contribution >= 0.6 is 0 Å². The first-order chi connectivity index (χ1) is 11.9. The topological polar surface area (TPSA) is 75.9 Å². The smallest absolute Gasteiger partial charge is 0.254 e. The van der Waals surface area contributed by atoms with E-state index < -0.39 is 17.2 Å². The number of hydrogen-bond acceptors (Lipinski definition) is 4. The molecule has 2 heterocycles. The van der Waals surface area contributed by atoms with E-state index >= 15 is 0 Å². The van der Waals surface area contributed by atoms with Crippen LogP contribution in [0.4, 0.5) is 8.78 Å². The first-order valence-corrected chi connectivity index (χ1v) is 8.31. The molecule has 2 saturated heterocycles. The quantitative estimate of drug-likeness (QED) is 0.852. The molecule has 25 heavy (non-hydrogen) atoms. The van der Waals surface area contributed by atoms with Crippen molar-refractivity contribution in [2.45, 2.75) is 18.4 Å². The van der Waals surface area contributed by atoms with Gasteiger partial charge in [0.2, 0.25) is 5.91 Å². The monoisotopic (exact) mass is 353 g/mol. The van der Waals surface area contributed by atoms with Crippen molar-refractivity contribution in [3.63, 3.8) is 0 Å². The summed E-state index contributed by atoms with van der Waals surface area (Å²) in [6.07, 6.45) is 0.972. The van der Waals surface area contributed by atoms with Crippen LogP contribution in [0, 0.1) is 11.6 Å². The Bertz CT molecular complexity index is 669. The summed E-state index contributed by atoms with van der Waals surface area (Å²) >= 11 is 0. The van der Waals surface area contributed by atoms with E-state index in [0.29, 0.717) is 52.2 Å². The summed E-state index contributed by atoms with van der Waals surface area (Å²) in [7, 11) is 0. The lowest BCUT2D eigenvalue weighted by atomic mass is 9.89. The molecule has 0 spiro atoms. The zero-order chi connectivity index (χ0) is 18.0. The lowest BCUT2D eigenvalue weighted by molar-refractivity contribution is -0.142. The van der Waals surface area contributed by atoms with Gasteiger partial charge in [0.1, 0.15) is 0 Å². The van der Waals surface area contributed by atoms with Gasteiger partial charge in [-0.15, -0.1) is 0 Å². The molecule has 8 heteroatoms. The standard InChI is InChI=1S/C17H21F2N3O3/c18-13-2-1-12(11-14(13)19)15(23)21-5-7-22(8-6-21)16(24)17(20)3-9-25-10-4-17/h1-2,11H,3-10,20H2. The van der Waals surface area contributed by atoms with Gasteiger partial charge >= 0.3 is 0 Å². The van der Waals surface area contributed by atoms with Crippen LogP contribution in [0.25, 0.3) is 0 Å². The number of benzene rings is 1. The lowest BCUT2D eigenvalue weighted by Gasteiger charge is -2.40. The van der Waals surface area contributed by atoms with Crippen molar-refractivity contribution in [1.29, 1.82) is 0 Å². The maximum Gasteiger partial charge on any atom is 0.254 e. The minimum atomic E-state index is -1.05. The van der Waals surface area contributed by atoms with Gasteiger partial charge in [0, 0.05) is 45.0 Å². The maximum atomic E-state index is 13.3. The third-order valence-corrected chi connectivity index (χ3v) is 4.83. The molecule has 0 aliphatic carbocycles. The van der Waals surface area contributed by atoms with E-state index in [9.17, 15) is 18.4 Å². The van der Waals surface area contributed by atoms with Gasteiger partial charge in [0.25, 0.3) is 5.91 Å². The highest BCUT2D eigenvalue weighted by atomic mass is 19.2. The molecular formula is C17H21F2N3O3. The Hall–Kier alpha value is -2.06. The minimum absolute atomic E-state index is 0.0957. The van der Waals surface area contributed by atoms with Crippen molar-refractivity contribution >= 4 is 11.8 Å². The van der Waals surface area contributed by atoms with Crippen LogP contribution in [-0.4, -0.2) is 66.5 Å². The number of nitrogens with zero attached hydrogens (tertiary/aromatic N) is 2. The van der Waals surface area contributed by atoms with Crippen molar-refractivity contribution in [3.8, 4) is 0 Å². The molecule has 2 aliphatic heterocycles. The third kappa shape index (κ3) is 3.64. The normalized spacial score (nSPS) is 20.4. The molecule has 2 aliphatic rings. The fourth-order valence-corrected chi connectivity index (χ4v) is 3.19. The molecule has 0 atom stereocenters. The number of nitrogens with two attached hydrogens (primary N) is 1. The van der Waals surface area contributed by atoms with Crippen LogP contribution in [-0.2, 0) is 9.53 Å². The van der Waals surface area contributed by atoms with Crippen molar-refractivity contribution in [2.75, 3.05) is 39.4 Å². The number of hydrogen-bond donors (Lipinski definition) is 1. The SMILES string of the molecule is NC1(C(=O)N2CCN(C(=O)c3ccc(F)c(F)c3)CC2)CCOCC1. The molecule has 0 saturated carbocycles. The number of rotatable bonds is 2. The molecule has 3 rings (SSSR count). The van der Waals surface area contributed by atoms with Crippen LogP contribution in [0.5, 0.6) is 0 Å². The summed E-state index contributed by atoms with van der Waals surface area (Å²) in [6, 6.07) is 3.09. The first kappa shape index (κ1) is 17.8. The average Bonchev–Trinajstić information content (AvgIpc) is 2.63. The van der Waals surface area contributed by atoms with Gasteiger partial charge in [-0.25, -0.2) is 8.78 Å². The summed E-state index contributed by atoms with van der Waals surface area (Å²) in [6.45, 7) is 2.34. The predicted molar refractivity (Wildman–Crippen MR) is 85.8 cm³/mol. The van der Waals surface area contributed by atoms with Crippen molar-refractivity contribution < 1.29 is 23.1 Å². The fraction of sp³-hybridized carbons (Fsp3) is 0.529. The van der Waals surface area contributed by atoms with Gasteiger partial charge in [0.15, 0.2) is 11.6 Å². The van der Waals surface area contributed by atoms with Gasteiger partial charge in [-0.2, -0.15) is 0 Å². The number of carbonyl (C=O) groups is 2. The molecule has 0 bridgehead atoms. The predicted octanol–water partition coefficient (Wildman–Crippen LogP) is 0.757. The van der Waals surface area contributed by atoms with Gasteiger partial charge in [0.05, 0.1) is 5.54 Å². The second-order valence-electron chi connectivity index (χ2n) is 6.48. The number of halogens is 2. The van der Waals surface area contributed by atoms with Crippen LogP contribution in [0.2, 0.25) is 0 Å². The van der Waals surface area contributed by atoms with Crippen LogP contribution < -0.4 is 5.73 Å².